The summed E-state index contributed by atoms with van der Waals surface area (Å²) >= 11 is 0. The number of nitrogens with one attached hydrogen (secondary N) is 1. The van der Waals surface area contributed by atoms with Crippen molar-refractivity contribution in [2.45, 2.75) is 71.9 Å². The molecule has 2 aliphatic heterocycles. The van der Waals surface area contributed by atoms with Crippen LogP contribution in [0.4, 0.5) is 4.79 Å². The van der Waals surface area contributed by atoms with E-state index in [0.717, 1.165) is 5.46 Å². The first-order valence-corrected chi connectivity index (χ1v) is 8.62. The summed E-state index contributed by atoms with van der Waals surface area (Å²) in [4.78, 5) is 14.0. The summed E-state index contributed by atoms with van der Waals surface area (Å²) in [7, 11) is -0.362. The highest BCUT2D eigenvalue weighted by molar-refractivity contribution is 6.62. The molecule has 2 heterocycles. The fourth-order valence-electron chi connectivity index (χ4n) is 3.02. The lowest BCUT2D eigenvalue weighted by molar-refractivity contribution is 0.00578. The molecule has 1 N–H and O–H groups in total. The van der Waals surface area contributed by atoms with Crippen LogP contribution in [-0.4, -0.2) is 35.3 Å². The first-order valence-electron chi connectivity index (χ1n) is 8.62. The van der Waals surface area contributed by atoms with Gasteiger partial charge in [0.1, 0.15) is 0 Å². The first kappa shape index (κ1) is 17.3. The topological polar surface area (TPSA) is 50.8 Å². The zero-order valence-corrected chi connectivity index (χ0v) is 15.5. The summed E-state index contributed by atoms with van der Waals surface area (Å²) in [6, 6.07) is 6.36. The summed E-state index contributed by atoms with van der Waals surface area (Å²) in [5, 5.41) is 2.95. The van der Waals surface area contributed by atoms with Gasteiger partial charge in [-0.1, -0.05) is 18.2 Å². The van der Waals surface area contributed by atoms with Crippen molar-refractivity contribution in [2.75, 3.05) is 0 Å². The highest BCUT2D eigenvalue weighted by Gasteiger charge is 2.51. The lowest BCUT2D eigenvalue weighted by atomic mass is 9.78. The van der Waals surface area contributed by atoms with Crippen molar-refractivity contribution in [1.29, 1.82) is 0 Å². The Labute approximate surface area is 144 Å². The molecule has 5 nitrogen and oxygen atoms in total. The number of benzene rings is 1. The maximum absolute atomic E-state index is 12.2. The number of fused-ring (bicyclic) bond motifs is 1. The lowest BCUT2D eigenvalue weighted by Gasteiger charge is -2.32. The van der Waals surface area contributed by atoms with Gasteiger partial charge in [0.25, 0.3) is 0 Å². The molecular formula is C18H27BN2O3. The van der Waals surface area contributed by atoms with Crippen LogP contribution in [0.5, 0.6) is 0 Å². The van der Waals surface area contributed by atoms with Crippen LogP contribution in [0, 0.1) is 0 Å². The predicted octanol–water partition coefficient (Wildman–Crippen LogP) is 2.42. The van der Waals surface area contributed by atoms with E-state index in [0.29, 0.717) is 13.1 Å². The van der Waals surface area contributed by atoms with Gasteiger partial charge >= 0.3 is 13.1 Å². The van der Waals surface area contributed by atoms with Crippen molar-refractivity contribution in [2.24, 2.45) is 0 Å². The van der Waals surface area contributed by atoms with E-state index in [-0.39, 0.29) is 30.4 Å². The van der Waals surface area contributed by atoms with Gasteiger partial charge in [0.2, 0.25) is 0 Å². The second-order valence-electron chi connectivity index (χ2n) is 8.08. The van der Waals surface area contributed by atoms with Crippen LogP contribution in [0.2, 0.25) is 0 Å². The van der Waals surface area contributed by atoms with E-state index in [2.05, 4.69) is 45.1 Å². The Morgan fingerprint density at radius 1 is 1.12 bits per heavy atom. The smallest absolute Gasteiger partial charge is 0.399 e. The second kappa shape index (κ2) is 5.78. The van der Waals surface area contributed by atoms with Crippen molar-refractivity contribution in [3.05, 3.63) is 29.3 Å². The first-order chi connectivity index (χ1) is 11.1. The zero-order chi connectivity index (χ0) is 17.7. The van der Waals surface area contributed by atoms with Crippen LogP contribution in [0.15, 0.2) is 18.2 Å². The molecule has 1 fully saturated rings. The molecule has 1 saturated heterocycles. The molecule has 0 saturated carbocycles. The van der Waals surface area contributed by atoms with Gasteiger partial charge in [0.15, 0.2) is 0 Å². The highest BCUT2D eigenvalue weighted by atomic mass is 16.7. The molecule has 3 rings (SSSR count). The van der Waals surface area contributed by atoms with E-state index in [1.54, 1.807) is 0 Å². The van der Waals surface area contributed by atoms with Gasteiger partial charge in [-0.2, -0.15) is 0 Å². The van der Waals surface area contributed by atoms with Crippen LogP contribution in [0.1, 0.15) is 52.7 Å². The summed E-state index contributed by atoms with van der Waals surface area (Å²) in [5.41, 5.74) is 2.67. The van der Waals surface area contributed by atoms with Crippen molar-refractivity contribution in [1.82, 2.24) is 10.2 Å². The molecule has 1 aromatic rings. The summed E-state index contributed by atoms with van der Waals surface area (Å²) < 4.78 is 12.2. The average molecular weight is 330 g/mol. The van der Waals surface area contributed by atoms with Crippen molar-refractivity contribution in [3.8, 4) is 0 Å². The molecule has 130 valence electrons. The predicted molar refractivity (Wildman–Crippen MR) is 95.1 cm³/mol. The number of carbonyl (C=O) groups is 1. The van der Waals surface area contributed by atoms with Gasteiger partial charge in [-0.3, -0.25) is 0 Å². The van der Waals surface area contributed by atoms with E-state index in [9.17, 15) is 4.79 Å². The van der Waals surface area contributed by atoms with Gasteiger partial charge in [-0.25, -0.2) is 4.79 Å². The molecule has 0 bridgehead atoms. The number of rotatable bonds is 2. The fraction of sp³-hybridized carbons (Fsp3) is 0.611. The Hall–Kier alpha value is -1.53. The monoisotopic (exact) mass is 330 g/mol. The summed E-state index contributed by atoms with van der Waals surface area (Å²) in [6.45, 7) is 13.4. The van der Waals surface area contributed by atoms with E-state index >= 15 is 0 Å². The average Bonchev–Trinajstić information content (AvgIpc) is 2.96. The molecule has 6 heteroatoms. The molecular weight excluding hydrogens is 303 g/mol. The van der Waals surface area contributed by atoms with E-state index in [1.807, 2.05) is 24.8 Å². The van der Waals surface area contributed by atoms with E-state index in [4.69, 9.17) is 9.31 Å². The van der Waals surface area contributed by atoms with Gasteiger partial charge in [-0.15, -0.1) is 0 Å². The molecule has 2 aliphatic rings. The molecule has 0 aromatic heterocycles. The van der Waals surface area contributed by atoms with Crippen molar-refractivity contribution < 1.29 is 14.1 Å². The summed E-state index contributed by atoms with van der Waals surface area (Å²) in [5.74, 6) is 0. The minimum atomic E-state index is -0.362. The van der Waals surface area contributed by atoms with Crippen LogP contribution in [-0.2, 0) is 22.4 Å². The normalized spacial score (nSPS) is 21.3. The quantitative estimate of drug-likeness (QED) is 0.848. The van der Waals surface area contributed by atoms with Crippen molar-refractivity contribution in [3.63, 3.8) is 0 Å². The number of hydrogen-bond acceptors (Lipinski definition) is 3. The van der Waals surface area contributed by atoms with Gasteiger partial charge in [0, 0.05) is 19.1 Å². The third kappa shape index (κ3) is 3.05. The van der Waals surface area contributed by atoms with Gasteiger partial charge < -0.3 is 19.5 Å². The lowest BCUT2D eigenvalue weighted by Crippen LogP contribution is -2.41. The largest absolute Gasteiger partial charge is 0.494 e. The maximum atomic E-state index is 12.2. The number of amides is 2. The Balaban J connectivity index is 1.75. The zero-order valence-electron chi connectivity index (χ0n) is 15.5. The molecule has 0 spiro atoms. The third-order valence-electron chi connectivity index (χ3n) is 5.18. The number of hydrogen-bond donors (Lipinski definition) is 1. The molecule has 0 radical (unpaired) electrons. The van der Waals surface area contributed by atoms with E-state index < -0.39 is 0 Å². The van der Waals surface area contributed by atoms with Crippen molar-refractivity contribution >= 4 is 18.6 Å². The Morgan fingerprint density at radius 2 is 1.71 bits per heavy atom. The third-order valence-corrected chi connectivity index (χ3v) is 5.18. The molecule has 24 heavy (non-hydrogen) atoms. The number of carbonyl (C=O) groups excluding carboxylic acids is 1. The Bertz CT molecular complexity index is 642. The number of urea groups is 1. The molecule has 2 amide bonds. The minimum absolute atomic E-state index is 0.0154. The maximum Gasteiger partial charge on any atom is 0.494 e. The SMILES string of the molecule is CC(C)NC(=O)N1Cc2ccc(B3OC(C)(C)C(C)(C)O3)cc2C1. The van der Waals surface area contributed by atoms with E-state index in [1.165, 1.54) is 11.1 Å². The molecule has 0 aliphatic carbocycles. The van der Waals surface area contributed by atoms with Gasteiger partial charge in [0.05, 0.1) is 11.2 Å². The standard InChI is InChI=1S/C18H27BN2O3/c1-12(2)20-16(22)21-10-13-7-8-15(9-14(13)11-21)19-23-17(3,4)18(5,6)24-19/h7-9,12H,10-11H2,1-6H3,(H,20,22). The molecule has 0 atom stereocenters. The fourth-order valence-corrected chi connectivity index (χ4v) is 3.02. The second-order valence-corrected chi connectivity index (χ2v) is 8.08. The molecule has 1 aromatic carbocycles. The number of nitrogens with zero attached hydrogens (tertiary/aromatic N) is 1. The summed E-state index contributed by atoms with van der Waals surface area (Å²) in [6.07, 6.45) is 0. The Kier molecular flexibility index (Phi) is 4.17. The highest BCUT2D eigenvalue weighted by Crippen LogP contribution is 2.36. The van der Waals surface area contributed by atoms with Crippen LogP contribution < -0.4 is 10.8 Å². The van der Waals surface area contributed by atoms with Gasteiger partial charge in [-0.05, 0) is 58.1 Å². The minimum Gasteiger partial charge on any atom is -0.399 e. The molecule has 0 unspecified atom stereocenters. The Morgan fingerprint density at radius 3 is 2.29 bits per heavy atom. The van der Waals surface area contributed by atoms with Crippen LogP contribution in [0.3, 0.4) is 0 Å². The van der Waals surface area contributed by atoms with Crippen LogP contribution in [0.25, 0.3) is 0 Å². The van der Waals surface area contributed by atoms with Crippen LogP contribution >= 0.6 is 0 Å².